The van der Waals surface area contributed by atoms with Crippen LogP contribution in [0.3, 0.4) is 0 Å². The highest BCUT2D eigenvalue weighted by Crippen LogP contribution is 2.43. The zero-order chi connectivity index (χ0) is 11.2. The molecule has 0 unspecified atom stereocenters. The van der Waals surface area contributed by atoms with Gasteiger partial charge in [0.2, 0.25) is 0 Å². The molecular formula is C12H18N4. The third-order valence-corrected chi connectivity index (χ3v) is 4.18. The van der Waals surface area contributed by atoms with Crippen molar-refractivity contribution >= 4 is 0 Å². The van der Waals surface area contributed by atoms with Gasteiger partial charge in [0.25, 0.3) is 0 Å². The molecule has 0 N–H and O–H groups in total. The van der Waals surface area contributed by atoms with Gasteiger partial charge in [-0.15, -0.1) is 0 Å². The van der Waals surface area contributed by atoms with Crippen molar-refractivity contribution in [3.8, 4) is 0 Å². The fraction of sp³-hybridized carbons (Fsp3) is 0.667. The van der Waals surface area contributed by atoms with Gasteiger partial charge >= 0.3 is 0 Å². The Balaban J connectivity index is 2.01. The van der Waals surface area contributed by atoms with Gasteiger partial charge in [-0.25, -0.2) is 9.97 Å². The molecule has 0 aromatic carbocycles. The van der Waals surface area contributed by atoms with Crippen molar-refractivity contribution in [1.82, 2.24) is 19.8 Å². The van der Waals surface area contributed by atoms with Gasteiger partial charge < -0.3 is 4.90 Å². The molecule has 0 saturated carbocycles. The molecule has 2 aliphatic rings. The largest absolute Gasteiger partial charge is 0.306 e. The molecule has 86 valence electrons. The number of likely N-dealkylation sites (tertiary alicyclic amines) is 1. The first-order valence-electron chi connectivity index (χ1n) is 5.91. The summed E-state index contributed by atoms with van der Waals surface area (Å²) < 4.78 is 0. The Morgan fingerprint density at radius 1 is 1.25 bits per heavy atom. The lowest BCUT2D eigenvalue weighted by Crippen LogP contribution is -2.47. The highest BCUT2D eigenvalue weighted by molar-refractivity contribution is 5.30. The van der Waals surface area contributed by atoms with Crippen molar-refractivity contribution in [2.45, 2.75) is 24.9 Å². The molecule has 16 heavy (non-hydrogen) atoms. The summed E-state index contributed by atoms with van der Waals surface area (Å²) in [4.78, 5) is 13.5. The van der Waals surface area contributed by atoms with Crippen LogP contribution in [-0.2, 0) is 12.1 Å². The average Bonchev–Trinajstić information content (AvgIpc) is 2.57. The minimum absolute atomic E-state index is 0.185. The van der Waals surface area contributed by atoms with Gasteiger partial charge in [0.15, 0.2) is 0 Å². The Kier molecular flexibility index (Phi) is 2.23. The zero-order valence-corrected chi connectivity index (χ0v) is 9.98. The molecular weight excluding hydrogens is 200 g/mol. The summed E-state index contributed by atoms with van der Waals surface area (Å²) in [6.45, 7) is 3.32. The summed E-state index contributed by atoms with van der Waals surface area (Å²) in [6.07, 6.45) is 6.04. The Bertz CT molecular complexity index is 396. The van der Waals surface area contributed by atoms with Crippen LogP contribution in [0, 0.1) is 0 Å². The minimum atomic E-state index is 0.185. The van der Waals surface area contributed by atoms with Crippen molar-refractivity contribution < 1.29 is 0 Å². The summed E-state index contributed by atoms with van der Waals surface area (Å²) in [5, 5.41) is 0. The first-order valence-corrected chi connectivity index (χ1v) is 5.91. The van der Waals surface area contributed by atoms with E-state index in [0.29, 0.717) is 0 Å². The Labute approximate surface area is 96.3 Å². The van der Waals surface area contributed by atoms with Gasteiger partial charge in [0, 0.05) is 18.3 Å². The van der Waals surface area contributed by atoms with Crippen molar-refractivity contribution in [2.75, 3.05) is 27.2 Å². The zero-order valence-electron chi connectivity index (χ0n) is 9.98. The molecule has 1 aromatic heterocycles. The maximum Gasteiger partial charge on any atom is 0.115 e. The van der Waals surface area contributed by atoms with Gasteiger partial charge in [-0.05, 0) is 40.0 Å². The lowest BCUT2D eigenvalue weighted by atomic mass is 9.84. The first-order chi connectivity index (χ1) is 7.72. The molecule has 0 amide bonds. The average molecular weight is 218 g/mol. The molecule has 0 bridgehead atoms. The van der Waals surface area contributed by atoms with E-state index in [2.05, 4.69) is 33.9 Å². The lowest BCUT2D eigenvalue weighted by molar-refractivity contribution is 0.0549. The summed E-state index contributed by atoms with van der Waals surface area (Å²) >= 11 is 0. The minimum Gasteiger partial charge on any atom is -0.306 e. The molecule has 0 aliphatic carbocycles. The number of piperidine rings is 1. The molecule has 1 fully saturated rings. The van der Waals surface area contributed by atoms with E-state index in [1.165, 1.54) is 24.1 Å². The monoisotopic (exact) mass is 218 g/mol. The van der Waals surface area contributed by atoms with Gasteiger partial charge in [0.05, 0.1) is 11.2 Å². The van der Waals surface area contributed by atoms with E-state index in [1.807, 2.05) is 6.20 Å². The van der Waals surface area contributed by atoms with Crippen molar-refractivity contribution in [3.63, 3.8) is 0 Å². The molecule has 1 spiro atoms. The predicted octanol–water partition coefficient (Wildman–Crippen LogP) is 0.843. The van der Waals surface area contributed by atoms with Crippen molar-refractivity contribution in [3.05, 3.63) is 23.8 Å². The van der Waals surface area contributed by atoms with Crippen LogP contribution < -0.4 is 0 Å². The van der Waals surface area contributed by atoms with Crippen LogP contribution in [-0.4, -0.2) is 47.0 Å². The number of fused-ring (bicyclic) bond motifs is 2. The third-order valence-electron chi connectivity index (χ3n) is 4.18. The van der Waals surface area contributed by atoms with E-state index in [-0.39, 0.29) is 5.54 Å². The maximum atomic E-state index is 4.54. The maximum absolute atomic E-state index is 4.54. The van der Waals surface area contributed by atoms with Crippen LogP contribution in [0.2, 0.25) is 0 Å². The number of rotatable bonds is 0. The Morgan fingerprint density at radius 2 is 2.00 bits per heavy atom. The molecule has 0 radical (unpaired) electrons. The second-order valence-electron chi connectivity index (χ2n) is 5.09. The summed E-state index contributed by atoms with van der Waals surface area (Å²) in [6, 6.07) is 0. The number of hydrogen-bond donors (Lipinski definition) is 0. The lowest BCUT2D eigenvalue weighted by Gasteiger charge is -2.42. The van der Waals surface area contributed by atoms with Crippen LogP contribution in [0.4, 0.5) is 0 Å². The molecule has 2 aliphatic heterocycles. The molecule has 4 nitrogen and oxygen atoms in total. The quantitative estimate of drug-likeness (QED) is 0.646. The highest BCUT2D eigenvalue weighted by Gasteiger charge is 2.45. The third kappa shape index (κ3) is 1.30. The van der Waals surface area contributed by atoms with E-state index >= 15 is 0 Å². The second-order valence-corrected chi connectivity index (χ2v) is 5.09. The van der Waals surface area contributed by atoms with Crippen LogP contribution in [0.15, 0.2) is 12.5 Å². The van der Waals surface area contributed by atoms with E-state index < -0.39 is 0 Å². The van der Waals surface area contributed by atoms with E-state index in [9.17, 15) is 0 Å². The highest BCUT2D eigenvalue weighted by atomic mass is 15.2. The summed E-state index contributed by atoms with van der Waals surface area (Å²) in [7, 11) is 4.41. The van der Waals surface area contributed by atoms with Gasteiger partial charge in [-0.3, -0.25) is 4.90 Å². The molecule has 3 heterocycles. The molecule has 1 aromatic rings. The predicted molar refractivity (Wildman–Crippen MR) is 61.9 cm³/mol. The molecule has 1 saturated heterocycles. The number of aromatic nitrogens is 2. The Morgan fingerprint density at radius 3 is 2.75 bits per heavy atom. The van der Waals surface area contributed by atoms with Crippen molar-refractivity contribution in [1.29, 1.82) is 0 Å². The summed E-state index contributed by atoms with van der Waals surface area (Å²) in [5.41, 5.74) is 2.78. The smallest absolute Gasteiger partial charge is 0.115 e. The van der Waals surface area contributed by atoms with E-state index in [0.717, 1.165) is 19.6 Å². The second kappa shape index (κ2) is 3.50. The van der Waals surface area contributed by atoms with Gasteiger partial charge in [0.1, 0.15) is 6.33 Å². The number of nitrogens with zero attached hydrogens (tertiary/aromatic N) is 4. The van der Waals surface area contributed by atoms with Crippen LogP contribution in [0.25, 0.3) is 0 Å². The fourth-order valence-electron chi connectivity index (χ4n) is 3.09. The fourth-order valence-corrected chi connectivity index (χ4v) is 3.09. The normalized spacial score (nSPS) is 24.9. The van der Waals surface area contributed by atoms with Crippen LogP contribution >= 0.6 is 0 Å². The van der Waals surface area contributed by atoms with Crippen LogP contribution in [0.5, 0.6) is 0 Å². The number of hydrogen-bond acceptors (Lipinski definition) is 4. The molecule has 0 atom stereocenters. The van der Waals surface area contributed by atoms with E-state index in [4.69, 9.17) is 0 Å². The van der Waals surface area contributed by atoms with Gasteiger partial charge in [-0.2, -0.15) is 0 Å². The molecule has 3 rings (SSSR count). The molecule has 4 heteroatoms. The van der Waals surface area contributed by atoms with E-state index in [1.54, 1.807) is 6.33 Å². The van der Waals surface area contributed by atoms with Crippen LogP contribution in [0.1, 0.15) is 24.1 Å². The first kappa shape index (κ1) is 10.2. The van der Waals surface area contributed by atoms with Crippen molar-refractivity contribution in [2.24, 2.45) is 0 Å². The SMILES string of the molecule is CN1CCC2(CC1)c1ncncc1CN2C. The topological polar surface area (TPSA) is 32.3 Å². The standard InChI is InChI=1S/C12H18N4/c1-15-5-3-12(4-6-15)11-10(8-16(12)2)7-13-9-14-11/h7,9H,3-6,8H2,1-2H3. The summed E-state index contributed by atoms with van der Waals surface area (Å²) in [5.74, 6) is 0. The Hall–Kier alpha value is -1.00. The van der Waals surface area contributed by atoms with Gasteiger partial charge in [-0.1, -0.05) is 0 Å².